The molecule has 3 aliphatic rings. The van der Waals surface area contributed by atoms with Crippen LogP contribution in [0.2, 0.25) is 0 Å². The molecule has 0 aliphatic carbocycles. The summed E-state index contributed by atoms with van der Waals surface area (Å²) in [6.45, 7) is 6.85. The Morgan fingerprint density at radius 3 is 2.76 bits per heavy atom. The maximum Gasteiger partial charge on any atom is 0.254 e. The summed E-state index contributed by atoms with van der Waals surface area (Å²) < 4.78 is 0. The van der Waals surface area contributed by atoms with E-state index in [-0.39, 0.29) is 17.2 Å². The molecule has 6 heterocycles. The smallest absolute Gasteiger partial charge is 0.254 e. The second kappa shape index (κ2) is 7.38. The van der Waals surface area contributed by atoms with Crippen molar-refractivity contribution in [2.75, 3.05) is 24.5 Å². The van der Waals surface area contributed by atoms with Crippen LogP contribution in [0.1, 0.15) is 64.4 Å². The molecule has 0 unspecified atom stereocenters. The molecule has 9 heteroatoms. The third-order valence-corrected chi connectivity index (χ3v) is 7.42. The zero-order valence-corrected chi connectivity index (χ0v) is 19.3. The SMILES string of the molecule is CC1(C)CN(C(=O)c2ccnc(N3CCC4(CC3)NC(=O)c3cccnc34)c2)Cc2cn[nH]c21. The van der Waals surface area contributed by atoms with Crippen LogP contribution < -0.4 is 10.2 Å². The van der Waals surface area contributed by atoms with Crippen molar-refractivity contribution in [3.8, 4) is 0 Å². The number of pyridine rings is 2. The first kappa shape index (κ1) is 20.8. The second-order valence-corrected chi connectivity index (χ2v) is 10.1. The van der Waals surface area contributed by atoms with Gasteiger partial charge in [0.1, 0.15) is 5.82 Å². The Kier molecular flexibility index (Phi) is 4.52. The van der Waals surface area contributed by atoms with Crippen molar-refractivity contribution in [3.63, 3.8) is 0 Å². The molecule has 9 nitrogen and oxygen atoms in total. The first-order chi connectivity index (χ1) is 16.4. The molecule has 0 saturated carbocycles. The summed E-state index contributed by atoms with van der Waals surface area (Å²) in [7, 11) is 0. The highest BCUT2D eigenvalue weighted by Crippen LogP contribution is 2.39. The fourth-order valence-corrected chi connectivity index (χ4v) is 5.68. The number of carbonyl (C=O) groups is 2. The van der Waals surface area contributed by atoms with Gasteiger partial charge in [-0.15, -0.1) is 0 Å². The number of hydrogen-bond acceptors (Lipinski definition) is 6. The van der Waals surface area contributed by atoms with Gasteiger partial charge in [-0.1, -0.05) is 13.8 Å². The van der Waals surface area contributed by atoms with Crippen LogP contribution in [0.15, 0.2) is 42.9 Å². The van der Waals surface area contributed by atoms with E-state index in [0.717, 1.165) is 48.7 Å². The molecule has 0 bridgehead atoms. The molecule has 0 atom stereocenters. The van der Waals surface area contributed by atoms with E-state index in [9.17, 15) is 9.59 Å². The van der Waals surface area contributed by atoms with Gasteiger partial charge in [0.15, 0.2) is 0 Å². The standard InChI is InChI=1S/C25H27N7O2/c1-24(2)15-32(14-17-13-28-30-20(17)24)23(34)16-5-9-26-19(12-16)31-10-6-25(7-11-31)21-18(22(33)29-25)4-3-8-27-21/h3-5,8-9,12-13H,6-7,10-11,14-15H2,1-2H3,(H,28,30)(H,29,33). The van der Waals surface area contributed by atoms with Crippen LogP contribution in [0.3, 0.4) is 0 Å². The summed E-state index contributed by atoms with van der Waals surface area (Å²) >= 11 is 0. The fourth-order valence-electron chi connectivity index (χ4n) is 5.68. The van der Waals surface area contributed by atoms with Crippen molar-refractivity contribution in [1.82, 2.24) is 30.4 Å². The van der Waals surface area contributed by atoms with Crippen LogP contribution in [0, 0.1) is 0 Å². The molecular formula is C25H27N7O2. The van der Waals surface area contributed by atoms with E-state index >= 15 is 0 Å². The number of aromatic amines is 1. The molecule has 3 aliphatic heterocycles. The summed E-state index contributed by atoms with van der Waals surface area (Å²) in [5, 5.41) is 10.4. The van der Waals surface area contributed by atoms with Crippen molar-refractivity contribution >= 4 is 17.6 Å². The van der Waals surface area contributed by atoms with Crippen molar-refractivity contribution in [2.45, 2.75) is 44.2 Å². The number of fused-ring (bicyclic) bond motifs is 3. The number of rotatable bonds is 2. The molecular weight excluding hydrogens is 430 g/mol. The van der Waals surface area contributed by atoms with E-state index in [1.54, 1.807) is 24.5 Å². The van der Waals surface area contributed by atoms with E-state index < -0.39 is 5.54 Å². The second-order valence-electron chi connectivity index (χ2n) is 10.1. The number of piperidine rings is 1. The minimum atomic E-state index is -0.417. The molecule has 0 aromatic carbocycles. The summed E-state index contributed by atoms with van der Waals surface area (Å²) in [6, 6.07) is 7.31. The Hall–Kier alpha value is -3.75. The number of aromatic nitrogens is 4. The van der Waals surface area contributed by atoms with Crippen molar-refractivity contribution in [2.24, 2.45) is 0 Å². The van der Waals surface area contributed by atoms with Crippen LogP contribution in [0.4, 0.5) is 5.82 Å². The van der Waals surface area contributed by atoms with E-state index in [0.29, 0.717) is 24.2 Å². The Morgan fingerprint density at radius 2 is 1.94 bits per heavy atom. The molecule has 0 radical (unpaired) electrons. The van der Waals surface area contributed by atoms with Gasteiger partial charge < -0.3 is 15.1 Å². The van der Waals surface area contributed by atoms with Gasteiger partial charge in [0.2, 0.25) is 0 Å². The van der Waals surface area contributed by atoms with Gasteiger partial charge in [-0.05, 0) is 37.1 Å². The number of H-pyrrole nitrogens is 1. The summed E-state index contributed by atoms with van der Waals surface area (Å²) in [5.74, 6) is 0.734. The van der Waals surface area contributed by atoms with E-state index in [2.05, 4.69) is 44.2 Å². The molecule has 1 spiro atoms. The predicted molar refractivity (Wildman–Crippen MR) is 125 cm³/mol. The number of amides is 2. The van der Waals surface area contributed by atoms with Crippen molar-refractivity contribution < 1.29 is 9.59 Å². The van der Waals surface area contributed by atoms with Crippen molar-refractivity contribution in [3.05, 3.63) is 70.9 Å². The summed E-state index contributed by atoms with van der Waals surface area (Å²) in [5.41, 5.74) is 3.72. The van der Waals surface area contributed by atoms with Gasteiger partial charge in [0.25, 0.3) is 11.8 Å². The van der Waals surface area contributed by atoms with Gasteiger partial charge >= 0.3 is 0 Å². The number of nitrogens with zero attached hydrogens (tertiary/aromatic N) is 5. The highest BCUT2D eigenvalue weighted by atomic mass is 16.2. The number of carbonyl (C=O) groups excluding carboxylic acids is 2. The highest BCUT2D eigenvalue weighted by Gasteiger charge is 2.46. The van der Waals surface area contributed by atoms with Gasteiger partial charge in [0.05, 0.1) is 23.0 Å². The number of nitrogens with one attached hydrogen (secondary N) is 2. The molecule has 6 rings (SSSR count). The summed E-state index contributed by atoms with van der Waals surface area (Å²) in [4.78, 5) is 39.0. The minimum Gasteiger partial charge on any atom is -0.356 e. The first-order valence-electron chi connectivity index (χ1n) is 11.7. The van der Waals surface area contributed by atoms with E-state index in [4.69, 9.17) is 0 Å². The lowest BCUT2D eigenvalue weighted by Crippen LogP contribution is -2.49. The fraction of sp³-hybridized carbons (Fsp3) is 0.400. The Bertz CT molecular complexity index is 1290. The Labute approximate surface area is 197 Å². The highest BCUT2D eigenvalue weighted by molar-refractivity contribution is 5.99. The van der Waals surface area contributed by atoms with Crippen LogP contribution in [-0.4, -0.2) is 56.5 Å². The third-order valence-electron chi connectivity index (χ3n) is 7.42. The van der Waals surface area contributed by atoms with E-state index in [1.807, 2.05) is 23.2 Å². The topological polar surface area (TPSA) is 107 Å². The largest absolute Gasteiger partial charge is 0.356 e. The predicted octanol–water partition coefficient (Wildman–Crippen LogP) is 2.37. The normalized spacial score (nSPS) is 20.1. The zero-order chi connectivity index (χ0) is 23.5. The molecule has 2 N–H and O–H groups in total. The monoisotopic (exact) mass is 457 g/mol. The lowest BCUT2D eigenvalue weighted by molar-refractivity contribution is 0.0684. The van der Waals surface area contributed by atoms with Crippen LogP contribution in [-0.2, 0) is 17.5 Å². The van der Waals surface area contributed by atoms with E-state index in [1.165, 1.54) is 0 Å². The quantitative estimate of drug-likeness (QED) is 0.612. The Morgan fingerprint density at radius 1 is 1.12 bits per heavy atom. The molecule has 34 heavy (non-hydrogen) atoms. The van der Waals surface area contributed by atoms with Gasteiger partial charge in [-0.2, -0.15) is 5.10 Å². The summed E-state index contributed by atoms with van der Waals surface area (Å²) in [6.07, 6.45) is 6.75. The van der Waals surface area contributed by atoms with Crippen molar-refractivity contribution in [1.29, 1.82) is 0 Å². The lowest BCUT2D eigenvalue weighted by atomic mass is 9.83. The Balaban J connectivity index is 1.20. The molecule has 174 valence electrons. The molecule has 1 fully saturated rings. The van der Waals surface area contributed by atoms with Crippen LogP contribution in [0.25, 0.3) is 0 Å². The molecule has 2 amide bonds. The maximum atomic E-state index is 13.4. The molecule has 1 saturated heterocycles. The first-order valence-corrected chi connectivity index (χ1v) is 11.7. The van der Waals surface area contributed by atoms with Crippen LogP contribution in [0.5, 0.6) is 0 Å². The average molecular weight is 458 g/mol. The average Bonchev–Trinajstić information content (AvgIpc) is 3.43. The number of anilines is 1. The number of hydrogen-bond donors (Lipinski definition) is 2. The third kappa shape index (κ3) is 3.18. The maximum absolute atomic E-state index is 13.4. The van der Waals surface area contributed by atoms with Gasteiger partial charge in [-0.25, -0.2) is 4.98 Å². The van der Waals surface area contributed by atoms with Gasteiger partial charge in [0, 0.05) is 60.8 Å². The zero-order valence-electron chi connectivity index (χ0n) is 19.3. The van der Waals surface area contributed by atoms with Crippen LogP contribution >= 0.6 is 0 Å². The minimum absolute atomic E-state index is 0.00163. The van der Waals surface area contributed by atoms with Gasteiger partial charge in [-0.3, -0.25) is 19.7 Å². The lowest BCUT2D eigenvalue weighted by Gasteiger charge is -2.40. The molecule has 3 aromatic heterocycles. The molecule has 3 aromatic rings.